The molecule has 0 saturated carbocycles. The number of nitrogens with zero attached hydrogens (tertiary/aromatic N) is 4. The van der Waals surface area contributed by atoms with Gasteiger partial charge in [-0.3, -0.25) is 4.57 Å². The fourth-order valence-corrected chi connectivity index (χ4v) is 2.39. The van der Waals surface area contributed by atoms with Crippen LogP contribution in [-0.2, 0) is 4.74 Å². The maximum Gasteiger partial charge on any atom is 0.167 e. The van der Waals surface area contributed by atoms with E-state index >= 15 is 0 Å². The van der Waals surface area contributed by atoms with Gasteiger partial charge in [-0.05, 0) is 0 Å². The molecule has 3 rings (SSSR count). The first-order chi connectivity index (χ1) is 10.0. The lowest BCUT2D eigenvalue weighted by Crippen LogP contribution is -2.40. The Morgan fingerprint density at radius 3 is 2.76 bits per heavy atom. The van der Waals surface area contributed by atoms with Gasteiger partial charge in [0.05, 0.1) is 12.9 Å². The van der Waals surface area contributed by atoms with Gasteiger partial charge in [-0.2, -0.15) is 0 Å². The van der Waals surface area contributed by atoms with Crippen LogP contribution >= 0.6 is 0 Å². The Bertz CT molecular complexity index is 649. The molecule has 5 atom stereocenters. The molecule has 10 heteroatoms. The molecule has 2 unspecified atom stereocenters. The number of ether oxygens (including phenoxy) is 1. The molecule has 0 amide bonds. The lowest BCUT2D eigenvalue weighted by molar-refractivity contribution is -0.0962. The van der Waals surface area contributed by atoms with E-state index in [1.165, 1.54) is 17.2 Å². The zero-order valence-electron chi connectivity index (χ0n) is 10.8. The molecule has 2 aromatic heterocycles. The Kier molecular flexibility index (Phi) is 3.47. The van der Waals surface area contributed by atoms with Crippen molar-refractivity contribution < 1.29 is 25.2 Å². The lowest BCUT2D eigenvalue weighted by Gasteiger charge is -2.18. The second kappa shape index (κ2) is 5.16. The van der Waals surface area contributed by atoms with Crippen LogP contribution < -0.4 is 5.73 Å². The van der Waals surface area contributed by atoms with E-state index in [9.17, 15) is 15.3 Å². The average molecular weight is 297 g/mol. The largest absolute Gasteiger partial charge is 0.394 e. The highest BCUT2D eigenvalue weighted by Gasteiger charge is 2.47. The second-order valence-electron chi connectivity index (χ2n) is 4.81. The number of nitrogen functional groups attached to an aromatic ring is 1. The Morgan fingerprint density at radius 2 is 2.05 bits per heavy atom. The number of fused-ring (bicyclic) bond motifs is 1. The molecule has 21 heavy (non-hydrogen) atoms. The van der Waals surface area contributed by atoms with Gasteiger partial charge in [0.15, 0.2) is 17.7 Å². The normalized spacial score (nSPS) is 30.9. The van der Waals surface area contributed by atoms with E-state index in [2.05, 4.69) is 15.0 Å². The number of aliphatic hydroxyl groups excluding tert-OH is 4. The van der Waals surface area contributed by atoms with E-state index < -0.39 is 37.3 Å². The molecule has 1 aliphatic heterocycles. The van der Waals surface area contributed by atoms with Crippen molar-refractivity contribution in [2.75, 3.05) is 12.3 Å². The van der Waals surface area contributed by atoms with E-state index in [1.54, 1.807) is 0 Å². The SMILES string of the molecule is Nc1ncnc2c1ncn2C1O[C@H](C(O)CO)[C@H](O)[C@H]1O. The fraction of sp³-hybridized carbons (Fsp3) is 0.545. The molecule has 2 aromatic rings. The Morgan fingerprint density at radius 1 is 1.29 bits per heavy atom. The predicted molar refractivity (Wildman–Crippen MR) is 68.8 cm³/mol. The smallest absolute Gasteiger partial charge is 0.167 e. The Balaban J connectivity index is 1.98. The van der Waals surface area contributed by atoms with Crippen molar-refractivity contribution in [3.63, 3.8) is 0 Å². The quantitative estimate of drug-likeness (QED) is 0.408. The molecule has 1 fully saturated rings. The van der Waals surface area contributed by atoms with E-state index in [0.717, 1.165) is 0 Å². The van der Waals surface area contributed by atoms with E-state index in [4.69, 9.17) is 15.6 Å². The van der Waals surface area contributed by atoms with Crippen molar-refractivity contribution in [1.82, 2.24) is 19.5 Å². The second-order valence-corrected chi connectivity index (χ2v) is 4.81. The number of hydrogen-bond acceptors (Lipinski definition) is 9. The monoisotopic (exact) mass is 297 g/mol. The summed E-state index contributed by atoms with van der Waals surface area (Å²) in [5.74, 6) is 0.179. The molecule has 1 aliphatic rings. The number of aromatic nitrogens is 4. The first-order valence-corrected chi connectivity index (χ1v) is 6.28. The van der Waals surface area contributed by atoms with Crippen molar-refractivity contribution in [3.8, 4) is 0 Å². The maximum absolute atomic E-state index is 10.1. The summed E-state index contributed by atoms with van der Waals surface area (Å²) in [5, 5.41) is 38.5. The van der Waals surface area contributed by atoms with Crippen LogP contribution in [0.4, 0.5) is 5.82 Å². The molecule has 3 heterocycles. The van der Waals surface area contributed by atoms with Crippen molar-refractivity contribution in [1.29, 1.82) is 0 Å². The van der Waals surface area contributed by atoms with Crippen molar-refractivity contribution in [2.45, 2.75) is 30.6 Å². The number of rotatable bonds is 3. The van der Waals surface area contributed by atoms with Crippen LogP contribution in [0.3, 0.4) is 0 Å². The van der Waals surface area contributed by atoms with Gasteiger partial charge < -0.3 is 30.9 Å². The molecule has 0 radical (unpaired) electrons. The summed E-state index contributed by atoms with van der Waals surface area (Å²) >= 11 is 0. The lowest BCUT2D eigenvalue weighted by atomic mass is 10.1. The minimum Gasteiger partial charge on any atom is -0.394 e. The number of anilines is 1. The fourth-order valence-electron chi connectivity index (χ4n) is 2.39. The first-order valence-electron chi connectivity index (χ1n) is 6.28. The zero-order valence-corrected chi connectivity index (χ0v) is 10.8. The van der Waals surface area contributed by atoms with Crippen LogP contribution in [0.25, 0.3) is 11.2 Å². The van der Waals surface area contributed by atoms with Gasteiger partial charge in [-0.1, -0.05) is 0 Å². The van der Waals surface area contributed by atoms with Crippen molar-refractivity contribution in [2.24, 2.45) is 0 Å². The molecule has 0 aromatic carbocycles. The molecular formula is C11H15N5O5. The predicted octanol–water partition coefficient (Wildman–Crippen LogP) is -2.62. The summed E-state index contributed by atoms with van der Waals surface area (Å²) in [6.07, 6.45) is -3.51. The van der Waals surface area contributed by atoms with E-state index in [-0.39, 0.29) is 5.82 Å². The number of imidazole rings is 1. The van der Waals surface area contributed by atoms with E-state index in [1.807, 2.05) is 0 Å². The molecule has 0 spiro atoms. The van der Waals surface area contributed by atoms with Gasteiger partial charge in [0.2, 0.25) is 0 Å². The highest BCUT2D eigenvalue weighted by Crippen LogP contribution is 2.33. The van der Waals surface area contributed by atoms with Crippen LogP contribution in [0, 0.1) is 0 Å². The number of nitrogens with two attached hydrogens (primary N) is 1. The summed E-state index contributed by atoms with van der Waals surface area (Å²) in [6, 6.07) is 0. The standard InChI is InChI=1S/C11H15N5O5/c12-9-5-10(14-2-13-9)16(3-15-5)11-7(20)6(19)8(21-11)4(18)1-17/h2-4,6-8,11,17-20H,1H2,(H2,12,13,14)/t4?,6-,7-,8-,11?/m1/s1. The highest BCUT2D eigenvalue weighted by molar-refractivity contribution is 5.81. The maximum atomic E-state index is 10.1. The first kappa shape index (κ1) is 14.1. The van der Waals surface area contributed by atoms with Crippen LogP contribution in [0.1, 0.15) is 6.23 Å². The van der Waals surface area contributed by atoms with Crippen LogP contribution in [-0.4, -0.2) is 71.0 Å². The van der Waals surface area contributed by atoms with Crippen LogP contribution in [0.2, 0.25) is 0 Å². The molecular weight excluding hydrogens is 282 g/mol. The third-order valence-corrected chi connectivity index (χ3v) is 3.50. The van der Waals surface area contributed by atoms with Gasteiger partial charge in [-0.15, -0.1) is 0 Å². The summed E-state index contributed by atoms with van der Waals surface area (Å²) in [7, 11) is 0. The molecule has 10 nitrogen and oxygen atoms in total. The Hall–Kier alpha value is -1.85. The Labute approximate surface area is 118 Å². The van der Waals surface area contributed by atoms with Gasteiger partial charge in [-0.25, -0.2) is 15.0 Å². The molecule has 0 bridgehead atoms. The molecule has 114 valence electrons. The summed E-state index contributed by atoms with van der Waals surface area (Å²) in [6.45, 7) is -0.596. The van der Waals surface area contributed by atoms with Gasteiger partial charge in [0.25, 0.3) is 0 Å². The van der Waals surface area contributed by atoms with Crippen molar-refractivity contribution >= 4 is 17.0 Å². The highest BCUT2D eigenvalue weighted by atomic mass is 16.6. The third kappa shape index (κ3) is 2.13. The topological polar surface area (TPSA) is 160 Å². The van der Waals surface area contributed by atoms with Crippen LogP contribution in [0.5, 0.6) is 0 Å². The number of aliphatic hydroxyl groups is 4. The van der Waals surface area contributed by atoms with E-state index in [0.29, 0.717) is 11.2 Å². The average Bonchev–Trinajstić information content (AvgIpc) is 3.02. The van der Waals surface area contributed by atoms with Crippen LogP contribution in [0.15, 0.2) is 12.7 Å². The van der Waals surface area contributed by atoms with Gasteiger partial charge in [0.1, 0.15) is 36.3 Å². The third-order valence-electron chi connectivity index (χ3n) is 3.50. The summed E-state index contributed by atoms with van der Waals surface area (Å²) in [5.41, 5.74) is 6.35. The minimum atomic E-state index is -1.35. The van der Waals surface area contributed by atoms with Gasteiger partial charge >= 0.3 is 0 Å². The summed E-state index contributed by atoms with van der Waals surface area (Å²) < 4.78 is 6.84. The summed E-state index contributed by atoms with van der Waals surface area (Å²) in [4.78, 5) is 11.9. The molecule has 1 saturated heterocycles. The minimum absolute atomic E-state index is 0.179. The molecule has 6 N–H and O–H groups in total. The van der Waals surface area contributed by atoms with Gasteiger partial charge in [0, 0.05) is 0 Å². The zero-order chi connectivity index (χ0) is 15.1. The molecule has 0 aliphatic carbocycles. The number of hydrogen-bond donors (Lipinski definition) is 5. The van der Waals surface area contributed by atoms with Crippen molar-refractivity contribution in [3.05, 3.63) is 12.7 Å².